The van der Waals surface area contributed by atoms with Gasteiger partial charge in [-0.15, -0.1) is 5.10 Å². The van der Waals surface area contributed by atoms with E-state index >= 15 is 0 Å². The number of halogens is 3. The first-order chi connectivity index (χ1) is 11.1. The van der Waals surface area contributed by atoms with Crippen molar-refractivity contribution in [2.75, 3.05) is 10.6 Å². The Morgan fingerprint density at radius 1 is 0.913 bits per heavy atom. The molecule has 1 aromatic heterocycles. The Bertz CT molecular complexity index is 806. The minimum atomic E-state index is -0.313. The maximum absolute atomic E-state index is 12.9. The zero-order chi connectivity index (χ0) is 16.2. The van der Waals surface area contributed by atoms with Crippen LogP contribution in [-0.2, 0) is 0 Å². The molecule has 1 heterocycles. The Morgan fingerprint density at radius 2 is 1.61 bits per heavy atom. The minimum absolute atomic E-state index is 0.229. The molecule has 2 N–H and O–H groups in total. The molecule has 0 atom stereocenters. The van der Waals surface area contributed by atoms with Crippen molar-refractivity contribution in [3.8, 4) is 0 Å². The summed E-state index contributed by atoms with van der Waals surface area (Å²) >= 11 is 12.2. The molecule has 2 aromatic carbocycles. The fraction of sp³-hybridized carbons (Fsp3) is 0. The molecule has 116 valence electrons. The topological polar surface area (TPSA) is 62.7 Å². The SMILES string of the molecule is Fc1ccc(Nc2cnnc(Nc3c(Cl)cccc3Cl)n2)cc1. The Kier molecular flexibility index (Phi) is 4.55. The van der Waals surface area contributed by atoms with Gasteiger partial charge in [0.1, 0.15) is 5.82 Å². The molecule has 23 heavy (non-hydrogen) atoms. The fourth-order valence-electron chi connectivity index (χ4n) is 1.83. The number of hydrogen-bond acceptors (Lipinski definition) is 5. The van der Waals surface area contributed by atoms with Crippen molar-refractivity contribution < 1.29 is 4.39 Å². The highest BCUT2D eigenvalue weighted by molar-refractivity contribution is 6.39. The summed E-state index contributed by atoms with van der Waals surface area (Å²) < 4.78 is 12.9. The molecule has 0 fully saturated rings. The third-order valence-electron chi connectivity index (χ3n) is 2.88. The van der Waals surface area contributed by atoms with E-state index in [9.17, 15) is 4.39 Å². The van der Waals surface area contributed by atoms with E-state index < -0.39 is 0 Å². The van der Waals surface area contributed by atoms with Crippen LogP contribution in [0, 0.1) is 5.82 Å². The lowest BCUT2D eigenvalue weighted by Gasteiger charge is -2.10. The zero-order valence-electron chi connectivity index (χ0n) is 11.6. The molecular formula is C15H10Cl2FN5. The van der Waals surface area contributed by atoms with Crippen molar-refractivity contribution in [3.05, 3.63) is 64.5 Å². The largest absolute Gasteiger partial charge is 0.339 e. The number of benzene rings is 2. The summed E-state index contributed by atoms with van der Waals surface area (Å²) in [5.74, 6) is 0.358. The van der Waals surface area contributed by atoms with Crippen LogP contribution in [0.3, 0.4) is 0 Å². The third kappa shape index (κ3) is 3.85. The van der Waals surface area contributed by atoms with E-state index in [0.29, 0.717) is 27.2 Å². The summed E-state index contributed by atoms with van der Waals surface area (Å²) in [6.45, 7) is 0. The van der Waals surface area contributed by atoms with E-state index in [4.69, 9.17) is 23.2 Å². The van der Waals surface area contributed by atoms with Gasteiger partial charge < -0.3 is 10.6 Å². The maximum Gasteiger partial charge on any atom is 0.249 e. The molecule has 0 spiro atoms. The summed E-state index contributed by atoms with van der Waals surface area (Å²) in [6, 6.07) is 11.0. The standard InChI is InChI=1S/C15H10Cl2FN5/c16-11-2-1-3-12(17)14(11)22-15-21-13(8-19-23-15)20-10-6-4-9(18)5-7-10/h1-8H,(H2,20,21,22,23). The van der Waals surface area contributed by atoms with Gasteiger partial charge in [0, 0.05) is 5.69 Å². The summed E-state index contributed by atoms with van der Waals surface area (Å²) in [6.07, 6.45) is 1.45. The molecule has 0 bridgehead atoms. The van der Waals surface area contributed by atoms with Crippen molar-refractivity contribution in [2.45, 2.75) is 0 Å². The predicted octanol–water partition coefficient (Wildman–Crippen LogP) is 4.80. The lowest BCUT2D eigenvalue weighted by molar-refractivity contribution is 0.628. The molecule has 0 unspecified atom stereocenters. The van der Waals surface area contributed by atoms with Crippen LogP contribution in [0.25, 0.3) is 0 Å². The average molecular weight is 350 g/mol. The molecule has 5 nitrogen and oxygen atoms in total. The smallest absolute Gasteiger partial charge is 0.249 e. The van der Waals surface area contributed by atoms with Gasteiger partial charge in [0.15, 0.2) is 5.82 Å². The minimum Gasteiger partial charge on any atom is -0.339 e. The van der Waals surface area contributed by atoms with Gasteiger partial charge in [0.25, 0.3) is 0 Å². The quantitative estimate of drug-likeness (QED) is 0.707. The summed E-state index contributed by atoms with van der Waals surface area (Å²) in [7, 11) is 0. The van der Waals surface area contributed by atoms with Gasteiger partial charge in [-0.05, 0) is 36.4 Å². The zero-order valence-corrected chi connectivity index (χ0v) is 13.1. The second-order valence-electron chi connectivity index (χ2n) is 4.52. The summed E-state index contributed by atoms with van der Waals surface area (Å²) in [5, 5.41) is 14.6. The summed E-state index contributed by atoms with van der Waals surface area (Å²) in [4.78, 5) is 4.26. The highest BCUT2D eigenvalue weighted by Crippen LogP contribution is 2.31. The average Bonchev–Trinajstić information content (AvgIpc) is 2.54. The van der Waals surface area contributed by atoms with E-state index in [1.165, 1.54) is 18.3 Å². The monoisotopic (exact) mass is 349 g/mol. The van der Waals surface area contributed by atoms with Gasteiger partial charge >= 0.3 is 0 Å². The first-order valence-corrected chi connectivity index (χ1v) is 7.31. The summed E-state index contributed by atoms with van der Waals surface area (Å²) in [5.41, 5.74) is 1.17. The van der Waals surface area contributed by atoms with Gasteiger partial charge in [-0.3, -0.25) is 0 Å². The first kappa shape index (κ1) is 15.5. The lowest BCUT2D eigenvalue weighted by Crippen LogP contribution is -2.03. The van der Waals surface area contributed by atoms with Crippen LogP contribution in [0.4, 0.5) is 27.5 Å². The number of aromatic nitrogens is 3. The number of para-hydroxylation sites is 1. The highest BCUT2D eigenvalue weighted by atomic mass is 35.5. The van der Waals surface area contributed by atoms with Crippen LogP contribution in [-0.4, -0.2) is 15.2 Å². The first-order valence-electron chi connectivity index (χ1n) is 6.55. The van der Waals surface area contributed by atoms with Crippen LogP contribution in [0.15, 0.2) is 48.7 Å². The van der Waals surface area contributed by atoms with Gasteiger partial charge in [-0.2, -0.15) is 10.1 Å². The Hall–Kier alpha value is -2.44. The van der Waals surface area contributed by atoms with E-state index in [1.807, 2.05) is 0 Å². The van der Waals surface area contributed by atoms with Crippen molar-refractivity contribution in [1.82, 2.24) is 15.2 Å². The molecule has 0 aliphatic rings. The molecule has 0 aliphatic carbocycles. The van der Waals surface area contributed by atoms with Crippen molar-refractivity contribution in [1.29, 1.82) is 0 Å². The lowest BCUT2D eigenvalue weighted by atomic mass is 10.3. The highest BCUT2D eigenvalue weighted by Gasteiger charge is 2.08. The van der Waals surface area contributed by atoms with Crippen molar-refractivity contribution >= 4 is 46.3 Å². The van der Waals surface area contributed by atoms with Crippen LogP contribution in [0.2, 0.25) is 10.0 Å². The molecule has 0 saturated heterocycles. The number of anilines is 4. The normalized spacial score (nSPS) is 10.4. The van der Waals surface area contributed by atoms with Crippen LogP contribution in [0.5, 0.6) is 0 Å². The Balaban J connectivity index is 1.81. The molecular weight excluding hydrogens is 340 g/mol. The van der Waals surface area contributed by atoms with Gasteiger partial charge in [-0.25, -0.2) is 4.39 Å². The van der Waals surface area contributed by atoms with E-state index in [2.05, 4.69) is 25.8 Å². The molecule has 0 radical (unpaired) electrons. The Morgan fingerprint density at radius 3 is 2.30 bits per heavy atom. The number of nitrogens with zero attached hydrogens (tertiary/aromatic N) is 3. The van der Waals surface area contributed by atoms with E-state index in [1.54, 1.807) is 30.3 Å². The van der Waals surface area contributed by atoms with Gasteiger partial charge in [0.05, 0.1) is 21.9 Å². The van der Waals surface area contributed by atoms with Crippen LogP contribution < -0.4 is 10.6 Å². The Labute approximate surface area is 141 Å². The second kappa shape index (κ2) is 6.76. The third-order valence-corrected chi connectivity index (χ3v) is 3.50. The molecule has 3 rings (SSSR count). The molecule has 0 saturated carbocycles. The van der Waals surface area contributed by atoms with Crippen molar-refractivity contribution in [3.63, 3.8) is 0 Å². The molecule has 3 aromatic rings. The van der Waals surface area contributed by atoms with Crippen LogP contribution in [0.1, 0.15) is 0 Å². The molecule has 8 heteroatoms. The van der Waals surface area contributed by atoms with Gasteiger partial charge in [-0.1, -0.05) is 29.3 Å². The maximum atomic E-state index is 12.9. The number of hydrogen-bond donors (Lipinski definition) is 2. The van der Waals surface area contributed by atoms with E-state index in [-0.39, 0.29) is 11.8 Å². The molecule has 0 amide bonds. The van der Waals surface area contributed by atoms with Gasteiger partial charge in [0.2, 0.25) is 5.95 Å². The number of nitrogens with one attached hydrogen (secondary N) is 2. The molecule has 0 aliphatic heterocycles. The predicted molar refractivity (Wildman–Crippen MR) is 89.3 cm³/mol. The van der Waals surface area contributed by atoms with Crippen LogP contribution >= 0.6 is 23.2 Å². The van der Waals surface area contributed by atoms with E-state index in [0.717, 1.165) is 0 Å². The fourth-order valence-corrected chi connectivity index (χ4v) is 2.32. The number of rotatable bonds is 4. The van der Waals surface area contributed by atoms with Crippen molar-refractivity contribution in [2.24, 2.45) is 0 Å². The second-order valence-corrected chi connectivity index (χ2v) is 5.33.